The Hall–Kier alpha value is -2.22. The molecule has 2 aliphatic heterocycles. The van der Waals surface area contributed by atoms with Crippen LogP contribution in [-0.4, -0.2) is 6.61 Å². The van der Waals surface area contributed by atoms with Crippen LogP contribution in [0, 0.1) is 0 Å². The largest absolute Gasteiger partial charge is 0.492 e. The second-order valence-corrected chi connectivity index (χ2v) is 4.59. The van der Waals surface area contributed by atoms with Gasteiger partial charge in [-0.3, -0.25) is 0 Å². The third kappa shape index (κ3) is 1.29. The maximum Gasteiger partial charge on any atom is 0.130 e. The lowest BCUT2D eigenvalue weighted by molar-refractivity contribution is 0.289. The summed E-state index contributed by atoms with van der Waals surface area (Å²) in [6, 6.07) is 16.3. The number of rotatable bonds is 0. The Kier molecular flexibility index (Phi) is 1.97. The maximum absolute atomic E-state index is 5.85. The summed E-state index contributed by atoms with van der Waals surface area (Å²) in [6.45, 7) is 0.684. The van der Waals surface area contributed by atoms with E-state index < -0.39 is 0 Å². The first-order valence-corrected chi connectivity index (χ1v) is 6.11. The molecule has 0 aliphatic carbocycles. The SMILES string of the molecule is C1=C2c3ccccc3OCC2c2ccccc2O1. The molecule has 2 aliphatic rings. The number of ether oxygens (including phenoxy) is 2. The molecule has 4 rings (SSSR count). The first-order valence-electron chi connectivity index (χ1n) is 6.11. The van der Waals surface area contributed by atoms with Gasteiger partial charge in [0.2, 0.25) is 0 Å². The van der Waals surface area contributed by atoms with E-state index >= 15 is 0 Å². The van der Waals surface area contributed by atoms with Crippen molar-refractivity contribution in [2.45, 2.75) is 5.92 Å². The Balaban J connectivity index is 1.88. The molecule has 2 nitrogen and oxygen atoms in total. The molecule has 2 heterocycles. The van der Waals surface area contributed by atoms with E-state index in [1.807, 2.05) is 42.7 Å². The summed E-state index contributed by atoms with van der Waals surface area (Å²) in [6.07, 6.45) is 1.87. The van der Waals surface area contributed by atoms with Gasteiger partial charge in [-0.25, -0.2) is 0 Å². The first-order chi connectivity index (χ1) is 8.93. The molecule has 0 radical (unpaired) electrons. The molecule has 2 aromatic carbocycles. The Morgan fingerprint density at radius 2 is 1.67 bits per heavy atom. The fourth-order valence-electron chi connectivity index (χ4n) is 2.69. The highest BCUT2D eigenvalue weighted by Gasteiger charge is 2.31. The zero-order chi connectivity index (χ0) is 11.9. The predicted octanol–water partition coefficient (Wildman–Crippen LogP) is 3.60. The molecule has 88 valence electrons. The van der Waals surface area contributed by atoms with Crippen LogP contribution in [0.2, 0.25) is 0 Å². The van der Waals surface area contributed by atoms with Gasteiger partial charge in [0.1, 0.15) is 11.5 Å². The lowest BCUT2D eigenvalue weighted by Crippen LogP contribution is -2.21. The molecule has 0 saturated heterocycles. The van der Waals surface area contributed by atoms with Crippen LogP contribution in [0.5, 0.6) is 11.5 Å². The molecule has 0 amide bonds. The van der Waals surface area contributed by atoms with E-state index in [9.17, 15) is 0 Å². The Bertz CT molecular complexity index is 643. The second-order valence-electron chi connectivity index (χ2n) is 4.59. The van der Waals surface area contributed by atoms with Crippen LogP contribution in [0.15, 0.2) is 54.8 Å². The zero-order valence-electron chi connectivity index (χ0n) is 9.80. The normalized spacial score (nSPS) is 19.6. The quantitative estimate of drug-likeness (QED) is 0.695. The van der Waals surface area contributed by atoms with E-state index in [1.54, 1.807) is 0 Å². The van der Waals surface area contributed by atoms with Crippen molar-refractivity contribution in [3.63, 3.8) is 0 Å². The van der Waals surface area contributed by atoms with Crippen molar-refractivity contribution in [2.24, 2.45) is 0 Å². The summed E-state index contributed by atoms with van der Waals surface area (Å²) >= 11 is 0. The van der Waals surface area contributed by atoms with Crippen molar-refractivity contribution in [3.8, 4) is 11.5 Å². The average Bonchev–Trinajstić information content (AvgIpc) is 2.46. The van der Waals surface area contributed by atoms with Crippen LogP contribution in [0.25, 0.3) is 5.57 Å². The van der Waals surface area contributed by atoms with Gasteiger partial charge < -0.3 is 9.47 Å². The molecular weight excluding hydrogens is 224 g/mol. The van der Waals surface area contributed by atoms with Crippen LogP contribution >= 0.6 is 0 Å². The molecule has 0 fully saturated rings. The number of para-hydroxylation sites is 2. The topological polar surface area (TPSA) is 18.5 Å². The average molecular weight is 236 g/mol. The van der Waals surface area contributed by atoms with Gasteiger partial charge in [0.15, 0.2) is 0 Å². The highest BCUT2D eigenvalue weighted by atomic mass is 16.5. The first kappa shape index (κ1) is 9.77. The predicted molar refractivity (Wildman–Crippen MR) is 69.7 cm³/mol. The molecule has 0 spiro atoms. The summed E-state index contributed by atoms with van der Waals surface area (Å²) in [5.41, 5.74) is 3.57. The number of hydrogen-bond donors (Lipinski definition) is 0. The molecule has 0 aromatic heterocycles. The molecule has 2 heteroatoms. The highest BCUT2D eigenvalue weighted by Crippen LogP contribution is 2.46. The van der Waals surface area contributed by atoms with Crippen molar-refractivity contribution >= 4 is 5.57 Å². The van der Waals surface area contributed by atoms with Crippen molar-refractivity contribution in [1.29, 1.82) is 0 Å². The molecular formula is C16H12O2. The van der Waals surface area contributed by atoms with Crippen molar-refractivity contribution in [3.05, 3.63) is 65.9 Å². The standard InChI is InChI=1S/C16H12O2/c1-3-7-15-11(5-1)13-9-18-16-8-4-2-6-12(16)14(13)10-17-15/h1-9,14H,10H2. The van der Waals surface area contributed by atoms with E-state index in [0.29, 0.717) is 6.61 Å². The lowest BCUT2D eigenvalue weighted by atomic mass is 9.84. The number of fused-ring (bicyclic) bond motifs is 5. The summed E-state index contributed by atoms with van der Waals surface area (Å²) in [5.74, 6) is 2.17. The lowest BCUT2D eigenvalue weighted by Gasteiger charge is -2.32. The van der Waals surface area contributed by atoms with Gasteiger partial charge in [0.05, 0.1) is 18.8 Å². The maximum atomic E-state index is 5.85. The smallest absolute Gasteiger partial charge is 0.130 e. The summed E-state index contributed by atoms with van der Waals surface area (Å²) in [5, 5.41) is 0. The van der Waals surface area contributed by atoms with E-state index in [4.69, 9.17) is 9.47 Å². The van der Waals surface area contributed by atoms with Gasteiger partial charge in [-0.1, -0.05) is 36.4 Å². The molecule has 18 heavy (non-hydrogen) atoms. The fraction of sp³-hybridized carbons (Fsp3) is 0.125. The molecule has 0 bridgehead atoms. The van der Waals surface area contributed by atoms with Crippen LogP contribution in [0.3, 0.4) is 0 Å². The van der Waals surface area contributed by atoms with Gasteiger partial charge in [-0.05, 0) is 12.1 Å². The van der Waals surface area contributed by atoms with Gasteiger partial charge in [-0.2, -0.15) is 0 Å². The van der Waals surface area contributed by atoms with E-state index in [2.05, 4.69) is 12.1 Å². The fourth-order valence-corrected chi connectivity index (χ4v) is 2.69. The minimum absolute atomic E-state index is 0.282. The van der Waals surface area contributed by atoms with E-state index in [0.717, 1.165) is 17.1 Å². The van der Waals surface area contributed by atoms with Crippen molar-refractivity contribution < 1.29 is 9.47 Å². The minimum atomic E-state index is 0.282. The van der Waals surface area contributed by atoms with Crippen LogP contribution in [-0.2, 0) is 0 Å². The molecule has 0 saturated carbocycles. The van der Waals surface area contributed by atoms with Crippen molar-refractivity contribution in [2.75, 3.05) is 6.61 Å². The highest BCUT2D eigenvalue weighted by molar-refractivity contribution is 5.78. The monoisotopic (exact) mass is 236 g/mol. The number of hydrogen-bond acceptors (Lipinski definition) is 2. The third-order valence-corrected chi connectivity index (χ3v) is 3.59. The van der Waals surface area contributed by atoms with Crippen LogP contribution in [0.1, 0.15) is 17.0 Å². The third-order valence-electron chi connectivity index (χ3n) is 3.59. The second kappa shape index (κ2) is 3.64. The van der Waals surface area contributed by atoms with E-state index in [-0.39, 0.29) is 5.92 Å². The van der Waals surface area contributed by atoms with Gasteiger partial charge >= 0.3 is 0 Å². The molecule has 0 N–H and O–H groups in total. The Morgan fingerprint density at radius 1 is 0.889 bits per heavy atom. The Labute approximate surface area is 105 Å². The summed E-state index contributed by atoms with van der Waals surface area (Å²) in [7, 11) is 0. The van der Waals surface area contributed by atoms with Gasteiger partial charge in [0.25, 0.3) is 0 Å². The Morgan fingerprint density at radius 3 is 2.61 bits per heavy atom. The van der Waals surface area contributed by atoms with E-state index in [1.165, 1.54) is 11.1 Å². The van der Waals surface area contributed by atoms with Crippen LogP contribution < -0.4 is 9.47 Å². The molecule has 2 aromatic rings. The molecule has 1 unspecified atom stereocenters. The zero-order valence-corrected chi connectivity index (χ0v) is 9.80. The van der Waals surface area contributed by atoms with Crippen LogP contribution in [0.4, 0.5) is 0 Å². The summed E-state index contributed by atoms with van der Waals surface area (Å²) in [4.78, 5) is 0. The van der Waals surface area contributed by atoms with Crippen molar-refractivity contribution in [1.82, 2.24) is 0 Å². The number of benzene rings is 2. The van der Waals surface area contributed by atoms with Gasteiger partial charge in [-0.15, -0.1) is 0 Å². The summed E-state index contributed by atoms with van der Waals surface area (Å²) < 4.78 is 11.6. The minimum Gasteiger partial charge on any atom is -0.492 e. The van der Waals surface area contributed by atoms with Gasteiger partial charge in [0, 0.05) is 16.7 Å². The molecule has 1 atom stereocenters.